The minimum atomic E-state index is -4.59. The Hall–Kier alpha value is -1.31. The van der Waals surface area contributed by atoms with E-state index < -0.39 is 10.4 Å². The Morgan fingerprint density at radius 1 is 1.50 bits per heavy atom. The predicted molar refractivity (Wildman–Crippen MR) is 77.7 cm³/mol. The molecule has 1 aromatic rings. The second kappa shape index (κ2) is 5.99. The van der Waals surface area contributed by atoms with Crippen molar-refractivity contribution in [3.05, 3.63) is 28.8 Å². The zero-order valence-corrected chi connectivity index (χ0v) is 12.5. The zero-order valence-electron chi connectivity index (χ0n) is 10.9. The molecule has 20 heavy (non-hydrogen) atoms. The summed E-state index contributed by atoms with van der Waals surface area (Å²) in [5, 5.41) is 4.05. The maximum Gasteiger partial charge on any atom is 0.466 e. The summed E-state index contributed by atoms with van der Waals surface area (Å²) in [7, 11) is -4.59. The highest BCUT2D eigenvalue weighted by atomic mass is 35.5. The molecule has 0 atom stereocenters. The van der Waals surface area contributed by atoms with E-state index in [9.17, 15) is 8.42 Å². The summed E-state index contributed by atoms with van der Waals surface area (Å²) in [6.45, 7) is 3.68. The van der Waals surface area contributed by atoms with E-state index in [0.717, 1.165) is 24.2 Å². The van der Waals surface area contributed by atoms with E-state index in [1.54, 1.807) is 12.1 Å². The molecule has 2 rings (SSSR count). The first-order valence-corrected chi connectivity index (χ1v) is 7.93. The molecule has 0 aliphatic carbocycles. The van der Waals surface area contributed by atoms with Gasteiger partial charge < -0.3 is 4.90 Å². The minimum Gasteiger partial charge on any atom is -0.371 e. The van der Waals surface area contributed by atoms with E-state index in [1.807, 2.05) is 6.07 Å². The van der Waals surface area contributed by atoms with Gasteiger partial charge in [-0.1, -0.05) is 23.7 Å². The third-order valence-corrected chi connectivity index (χ3v) is 3.46. The van der Waals surface area contributed by atoms with Gasteiger partial charge in [0.15, 0.2) is 0 Å². The zero-order chi connectivity index (χ0) is 14.8. The van der Waals surface area contributed by atoms with Gasteiger partial charge in [-0.15, -0.1) is 0 Å². The van der Waals surface area contributed by atoms with Crippen molar-refractivity contribution in [3.8, 4) is 0 Å². The van der Waals surface area contributed by atoms with E-state index in [0.29, 0.717) is 23.7 Å². The molecular weight excluding hydrogens is 304 g/mol. The van der Waals surface area contributed by atoms with Crippen molar-refractivity contribution in [1.29, 1.82) is 0 Å². The van der Waals surface area contributed by atoms with Crippen LogP contribution in [0.3, 0.4) is 0 Å². The molecule has 0 saturated heterocycles. The number of anilines is 1. The van der Waals surface area contributed by atoms with Crippen LogP contribution >= 0.6 is 11.6 Å². The molecule has 0 bridgehead atoms. The van der Waals surface area contributed by atoms with Gasteiger partial charge in [-0.2, -0.15) is 8.42 Å². The van der Waals surface area contributed by atoms with Gasteiger partial charge in [0.05, 0.1) is 5.71 Å². The van der Waals surface area contributed by atoms with E-state index in [-0.39, 0.29) is 0 Å². The summed E-state index contributed by atoms with van der Waals surface area (Å²) < 4.78 is 33.9. The van der Waals surface area contributed by atoms with Gasteiger partial charge in [0.25, 0.3) is 0 Å². The maximum atomic E-state index is 10.6. The Morgan fingerprint density at radius 3 is 2.90 bits per heavy atom. The smallest absolute Gasteiger partial charge is 0.371 e. The summed E-state index contributed by atoms with van der Waals surface area (Å²) in [6, 6.07) is 5.36. The fourth-order valence-electron chi connectivity index (χ4n) is 2.20. The number of nitrogens with zero attached hydrogens (tertiary/aromatic N) is 2. The lowest BCUT2D eigenvalue weighted by Crippen LogP contribution is -2.33. The molecule has 0 saturated carbocycles. The molecule has 1 aliphatic heterocycles. The maximum absolute atomic E-state index is 10.6. The molecule has 0 unspecified atom stereocenters. The Kier molecular flexibility index (Phi) is 4.52. The number of rotatable bonds is 4. The van der Waals surface area contributed by atoms with Gasteiger partial charge in [-0.3, -0.25) is 4.55 Å². The molecule has 6 nitrogen and oxygen atoms in total. The lowest BCUT2D eigenvalue weighted by Gasteiger charge is -2.31. The summed E-state index contributed by atoms with van der Waals surface area (Å²) in [5.74, 6) is 0. The standard InChI is InChI=1S/C12H15ClN2O4S/c1-2-6-15-7-5-11(14-19-20(16,17)18)10-8-9(13)3-4-12(10)15/h3-4,8H,2,5-7H2,1H3,(H,16,17,18)/b14-11+. The topological polar surface area (TPSA) is 79.2 Å². The highest BCUT2D eigenvalue weighted by Gasteiger charge is 2.22. The molecule has 0 aromatic heterocycles. The normalized spacial score (nSPS) is 17.1. The van der Waals surface area contributed by atoms with Crippen LogP contribution in [-0.4, -0.2) is 31.8 Å². The molecule has 0 radical (unpaired) electrons. The van der Waals surface area contributed by atoms with E-state index in [1.165, 1.54) is 0 Å². The van der Waals surface area contributed by atoms with Gasteiger partial charge in [0, 0.05) is 35.8 Å². The Labute approximate surface area is 122 Å². The van der Waals surface area contributed by atoms with E-state index in [2.05, 4.69) is 21.3 Å². The number of hydrogen-bond donors (Lipinski definition) is 1. The average Bonchev–Trinajstić information content (AvgIpc) is 2.36. The second-order valence-corrected chi connectivity index (χ2v) is 5.88. The quantitative estimate of drug-likeness (QED) is 0.681. The van der Waals surface area contributed by atoms with Gasteiger partial charge in [0.1, 0.15) is 0 Å². The Balaban J connectivity index is 2.39. The molecule has 0 amide bonds. The van der Waals surface area contributed by atoms with Crippen molar-refractivity contribution in [2.75, 3.05) is 18.0 Å². The van der Waals surface area contributed by atoms with Crippen LogP contribution in [-0.2, 0) is 14.7 Å². The van der Waals surface area contributed by atoms with Crippen molar-refractivity contribution in [2.45, 2.75) is 19.8 Å². The van der Waals surface area contributed by atoms with Crippen LogP contribution in [0.4, 0.5) is 5.69 Å². The first-order valence-electron chi connectivity index (χ1n) is 6.18. The molecule has 1 aliphatic rings. The van der Waals surface area contributed by atoms with E-state index >= 15 is 0 Å². The molecule has 0 spiro atoms. The highest BCUT2D eigenvalue weighted by molar-refractivity contribution is 7.80. The van der Waals surface area contributed by atoms with Crippen LogP contribution in [0.25, 0.3) is 0 Å². The van der Waals surface area contributed by atoms with Crippen LogP contribution in [0.2, 0.25) is 5.02 Å². The SMILES string of the molecule is CCCN1CC/C(=N\OS(=O)(=O)O)c2cc(Cl)ccc21. The fraction of sp³-hybridized carbons (Fsp3) is 0.417. The Bertz CT molecular complexity index is 630. The monoisotopic (exact) mass is 318 g/mol. The third-order valence-electron chi connectivity index (χ3n) is 2.96. The van der Waals surface area contributed by atoms with Crippen molar-refractivity contribution in [2.24, 2.45) is 5.16 Å². The second-order valence-electron chi connectivity index (χ2n) is 4.44. The number of hydrogen-bond acceptors (Lipinski definition) is 5. The largest absolute Gasteiger partial charge is 0.466 e. The Morgan fingerprint density at radius 2 is 2.25 bits per heavy atom. The third kappa shape index (κ3) is 3.62. The number of oxime groups is 1. The van der Waals surface area contributed by atoms with E-state index in [4.69, 9.17) is 16.2 Å². The van der Waals surface area contributed by atoms with Gasteiger partial charge in [-0.25, -0.2) is 4.28 Å². The molecule has 1 aromatic carbocycles. The van der Waals surface area contributed by atoms with Crippen LogP contribution in [0.1, 0.15) is 25.3 Å². The molecular formula is C12H15ClN2O4S. The van der Waals surface area contributed by atoms with Crippen molar-refractivity contribution < 1.29 is 17.3 Å². The minimum absolute atomic E-state index is 0.451. The molecule has 0 fully saturated rings. The van der Waals surface area contributed by atoms with Crippen LogP contribution < -0.4 is 4.90 Å². The van der Waals surface area contributed by atoms with Gasteiger partial charge >= 0.3 is 10.4 Å². The molecule has 1 heterocycles. The lowest BCUT2D eigenvalue weighted by atomic mass is 9.99. The van der Waals surface area contributed by atoms with Crippen LogP contribution in [0, 0.1) is 0 Å². The van der Waals surface area contributed by atoms with Crippen molar-refractivity contribution in [1.82, 2.24) is 0 Å². The fourth-order valence-corrected chi connectivity index (χ4v) is 2.56. The molecule has 8 heteroatoms. The van der Waals surface area contributed by atoms with Crippen LogP contribution in [0.5, 0.6) is 0 Å². The van der Waals surface area contributed by atoms with Gasteiger partial charge in [-0.05, 0) is 24.6 Å². The molecule has 110 valence electrons. The van der Waals surface area contributed by atoms with Crippen molar-refractivity contribution >= 4 is 33.4 Å². The van der Waals surface area contributed by atoms with Crippen LogP contribution in [0.15, 0.2) is 23.4 Å². The number of benzene rings is 1. The predicted octanol–water partition coefficient (Wildman–Crippen LogP) is 2.48. The summed E-state index contributed by atoms with van der Waals surface area (Å²) in [4.78, 5) is 2.18. The highest BCUT2D eigenvalue weighted by Crippen LogP contribution is 2.30. The summed E-state index contributed by atoms with van der Waals surface area (Å²) in [6.07, 6.45) is 1.51. The number of fused-ring (bicyclic) bond motifs is 1. The summed E-state index contributed by atoms with van der Waals surface area (Å²) >= 11 is 5.97. The van der Waals surface area contributed by atoms with Gasteiger partial charge in [0.2, 0.25) is 0 Å². The summed E-state index contributed by atoms with van der Waals surface area (Å²) in [5.41, 5.74) is 2.11. The first-order chi connectivity index (χ1) is 9.40. The molecule has 1 N–H and O–H groups in total. The first kappa shape index (κ1) is 15.1. The average molecular weight is 319 g/mol. The van der Waals surface area contributed by atoms with Crippen molar-refractivity contribution in [3.63, 3.8) is 0 Å². The number of halogens is 1. The lowest BCUT2D eigenvalue weighted by molar-refractivity contribution is 0.281.